The van der Waals surface area contributed by atoms with E-state index >= 15 is 0 Å². The number of nitrogens with zero attached hydrogens (tertiary/aromatic N) is 2. The zero-order valence-corrected chi connectivity index (χ0v) is 16.2. The molecule has 6 heteroatoms. The predicted octanol–water partition coefficient (Wildman–Crippen LogP) is 1.64. The van der Waals surface area contributed by atoms with Crippen LogP contribution in [0.15, 0.2) is 16.6 Å². The highest BCUT2D eigenvalue weighted by Gasteiger charge is 2.23. The Bertz CT molecular complexity index is 431. The van der Waals surface area contributed by atoms with Crippen molar-refractivity contribution in [3.05, 3.63) is 11.6 Å². The maximum atomic E-state index is 5.49. The molecule has 0 aliphatic carbocycles. The first kappa shape index (κ1) is 20.2. The van der Waals surface area contributed by atoms with Crippen LogP contribution in [0.1, 0.15) is 33.6 Å². The summed E-state index contributed by atoms with van der Waals surface area (Å²) in [4.78, 5) is 7.38. The monoisotopic (exact) mass is 352 g/mol. The van der Waals surface area contributed by atoms with E-state index in [1.165, 1.54) is 5.57 Å². The Morgan fingerprint density at radius 1 is 1.20 bits per heavy atom. The average molecular weight is 353 g/mol. The molecule has 2 heterocycles. The van der Waals surface area contributed by atoms with E-state index in [1.54, 1.807) is 0 Å². The standard InChI is InChI=1S/C19H36N4O2/c1-4-20-19(21-8-5-17-6-11-24-12-7-17)22-15-18(16(2)3)23-9-13-25-14-10-23/h6,16,18H,4-5,7-15H2,1-3H3,(H2,20,21,22). The molecular formula is C19H36N4O2. The van der Waals surface area contributed by atoms with E-state index < -0.39 is 0 Å². The Balaban J connectivity index is 1.84. The first-order valence-electron chi connectivity index (χ1n) is 9.80. The highest BCUT2D eigenvalue weighted by atomic mass is 16.5. The number of guanidine groups is 1. The van der Waals surface area contributed by atoms with Crippen LogP contribution < -0.4 is 10.6 Å². The third-order valence-corrected chi connectivity index (χ3v) is 4.86. The lowest BCUT2D eigenvalue weighted by Crippen LogP contribution is -2.48. The lowest BCUT2D eigenvalue weighted by atomic mass is 10.0. The van der Waals surface area contributed by atoms with Crippen molar-refractivity contribution in [2.45, 2.75) is 39.7 Å². The molecule has 2 N–H and O–H groups in total. The fourth-order valence-electron chi connectivity index (χ4n) is 3.32. The smallest absolute Gasteiger partial charge is 0.191 e. The van der Waals surface area contributed by atoms with Gasteiger partial charge in [0.2, 0.25) is 0 Å². The number of rotatable bonds is 8. The van der Waals surface area contributed by atoms with Crippen molar-refractivity contribution in [2.75, 3.05) is 59.2 Å². The molecule has 2 aliphatic heterocycles. The molecule has 0 saturated carbocycles. The van der Waals surface area contributed by atoms with Crippen molar-refractivity contribution in [3.63, 3.8) is 0 Å². The summed E-state index contributed by atoms with van der Waals surface area (Å²) in [5.41, 5.74) is 1.49. The van der Waals surface area contributed by atoms with Gasteiger partial charge >= 0.3 is 0 Å². The first-order chi connectivity index (χ1) is 12.2. The van der Waals surface area contributed by atoms with Crippen molar-refractivity contribution in [3.8, 4) is 0 Å². The van der Waals surface area contributed by atoms with Crippen LogP contribution in [0.25, 0.3) is 0 Å². The summed E-state index contributed by atoms with van der Waals surface area (Å²) in [6.45, 7) is 14.6. The van der Waals surface area contributed by atoms with Gasteiger partial charge in [0.15, 0.2) is 5.96 Å². The van der Waals surface area contributed by atoms with Crippen LogP contribution in [0.4, 0.5) is 0 Å². The van der Waals surface area contributed by atoms with E-state index in [9.17, 15) is 0 Å². The van der Waals surface area contributed by atoms with E-state index in [-0.39, 0.29) is 0 Å². The highest BCUT2D eigenvalue weighted by molar-refractivity contribution is 5.79. The van der Waals surface area contributed by atoms with Gasteiger partial charge in [-0.05, 0) is 25.7 Å². The molecule has 0 radical (unpaired) electrons. The summed E-state index contributed by atoms with van der Waals surface area (Å²) >= 11 is 0. The minimum absolute atomic E-state index is 0.470. The van der Waals surface area contributed by atoms with Gasteiger partial charge in [0.1, 0.15) is 0 Å². The number of aliphatic imine (C=N–C) groups is 1. The lowest BCUT2D eigenvalue weighted by Gasteiger charge is -2.36. The molecule has 2 rings (SSSR count). The number of ether oxygens (including phenoxy) is 2. The van der Waals surface area contributed by atoms with Crippen LogP contribution in [0.3, 0.4) is 0 Å². The molecule has 1 atom stereocenters. The van der Waals surface area contributed by atoms with E-state index in [2.05, 4.69) is 42.4 Å². The topological polar surface area (TPSA) is 58.1 Å². The summed E-state index contributed by atoms with van der Waals surface area (Å²) in [5, 5.41) is 6.85. The Kier molecular flexibility index (Phi) is 9.29. The van der Waals surface area contributed by atoms with Gasteiger partial charge in [-0.25, -0.2) is 0 Å². The maximum absolute atomic E-state index is 5.49. The second-order valence-electron chi connectivity index (χ2n) is 7.04. The minimum atomic E-state index is 0.470. The number of morpholine rings is 1. The van der Waals surface area contributed by atoms with Gasteiger partial charge in [-0.1, -0.05) is 25.5 Å². The SMILES string of the molecule is CCNC(=NCC(C(C)C)N1CCOCC1)NCCC1=CCOCC1. The molecule has 0 bridgehead atoms. The van der Waals surface area contributed by atoms with Crippen molar-refractivity contribution in [2.24, 2.45) is 10.9 Å². The van der Waals surface area contributed by atoms with Gasteiger partial charge in [0, 0.05) is 32.2 Å². The van der Waals surface area contributed by atoms with Crippen LogP contribution in [-0.2, 0) is 9.47 Å². The summed E-state index contributed by atoms with van der Waals surface area (Å²) in [7, 11) is 0. The molecule has 144 valence electrons. The van der Waals surface area contributed by atoms with Gasteiger partial charge in [-0.15, -0.1) is 0 Å². The van der Waals surface area contributed by atoms with Gasteiger partial charge in [0.25, 0.3) is 0 Å². The Labute approximate surface area is 153 Å². The molecule has 0 amide bonds. The zero-order chi connectivity index (χ0) is 17.9. The van der Waals surface area contributed by atoms with Crippen molar-refractivity contribution in [1.82, 2.24) is 15.5 Å². The zero-order valence-electron chi connectivity index (χ0n) is 16.2. The third kappa shape index (κ3) is 7.34. The molecule has 1 fully saturated rings. The molecule has 1 unspecified atom stereocenters. The Hall–Kier alpha value is -1.11. The minimum Gasteiger partial charge on any atom is -0.379 e. The number of nitrogens with one attached hydrogen (secondary N) is 2. The normalized spacial score (nSPS) is 21.1. The van der Waals surface area contributed by atoms with E-state index in [0.717, 1.165) is 78.0 Å². The fraction of sp³-hybridized carbons (Fsp3) is 0.842. The van der Waals surface area contributed by atoms with Gasteiger partial charge < -0.3 is 20.1 Å². The molecule has 2 aliphatic rings. The second kappa shape index (κ2) is 11.5. The fourth-order valence-corrected chi connectivity index (χ4v) is 3.32. The van der Waals surface area contributed by atoms with Crippen LogP contribution in [0.2, 0.25) is 0 Å². The van der Waals surface area contributed by atoms with Crippen molar-refractivity contribution >= 4 is 5.96 Å². The number of hydrogen-bond acceptors (Lipinski definition) is 4. The molecule has 25 heavy (non-hydrogen) atoms. The quantitative estimate of drug-likeness (QED) is 0.395. The third-order valence-electron chi connectivity index (χ3n) is 4.86. The summed E-state index contributed by atoms with van der Waals surface area (Å²) in [6, 6.07) is 0.470. The van der Waals surface area contributed by atoms with Gasteiger partial charge in [-0.3, -0.25) is 9.89 Å². The molecule has 0 aromatic carbocycles. The predicted molar refractivity (Wildman–Crippen MR) is 103 cm³/mol. The van der Waals surface area contributed by atoms with Crippen molar-refractivity contribution < 1.29 is 9.47 Å². The Morgan fingerprint density at radius 3 is 2.64 bits per heavy atom. The van der Waals surface area contributed by atoms with E-state index in [0.29, 0.717) is 12.0 Å². The summed E-state index contributed by atoms with van der Waals surface area (Å²) < 4.78 is 10.9. The summed E-state index contributed by atoms with van der Waals surface area (Å²) in [5.74, 6) is 1.51. The molecule has 0 aromatic heterocycles. The van der Waals surface area contributed by atoms with Crippen molar-refractivity contribution in [1.29, 1.82) is 0 Å². The molecule has 0 spiro atoms. The van der Waals surface area contributed by atoms with Gasteiger partial charge in [-0.2, -0.15) is 0 Å². The lowest BCUT2D eigenvalue weighted by molar-refractivity contribution is 0.00867. The number of hydrogen-bond donors (Lipinski definition) is 2. The van der Waals surface area contributed by atoms with Crippen LogP contribution in [0.5, 0.6) is 0 Å². The Morgan fingerprint density at radius 2 is 2.00 bits per heavy atom. The second-order valence-corrected chi connectivity index (χ2v) is 7.04. The van der Waals surface area contributed by atoms with E-state index in [1.807, 2.05) is 0 Å². The highest BCUT2D eigenvalue weighted by Crippen LogP contribution is 2.13. The van der Waals surface area contributed by atoms with Crippen LogP contribution in [0, 0.1) is 5.92 Å². The van der Waals surface area contributed by atoms with Gasteiger partial charge in [0.05, 0.1) is 33.0 Å². The molecule has 0 aromatic rings. The molecule has 1 saturated heterocycles. The average Bonchev–Trinajstić information content (AvgIpc) is 2.63. The maximum Gasteiger partial charge on any atom is 0.191 e. The van der Waals surface area contributed by atoms with Crippen LogP contribution in [-0.4, -0.2) is 76.1 Å². The molecule has 6 nitrogen and oxygen atoms in total. The largest absolute Gasteiger partial charge is 0.379 e. The summed E-state index contributed by atoms with van der Waals surface area (Å²) in [6.07, 6.45) is 4.33. The van der Waals surface area contributed by atoms with E-state index in [4.69, 9.17) is 14.5 Å². The first-order valence-corrected chi connectivity index (χ1v) is 9.80. The molecular weight excluding hydrogens is 316 g/mol. The van der Waals surface area contributed by atoms with Crippen LogP contribution >= 0.6 is 0 Å².